The van der Waals surface area contributed by atoms with Gasteiger partial charge in [0, 0.05) is 5.56 Å². The van der Waals surface area contributed by atoms with Gasteiger partial charge in [0.15, 0.2) is 5.52 Å². The van der Waals surface area contributed by atoms with Crippen LogP contribution in [-0.2, 0) is 0 Å². The number of aryl methyl sites for hydroxylation is 1. The molecule has 7 heteroatoms. The minimum atomic E-state index is -4.61. The molecule has 2 aromatic carbocycles. The zero-order chi connectivity index (χ0) is 18.6. The van der Waals surface area contributed by atoms with E-state index in [0.717, 1.165) is 6.42 Å². The van der Waals surface area contributed by atoms with Crippen molar-refractivity contribution < 1.29 is 22.7 Å². The van der Waals surface area contributed by atoms with Crippen molar-refractivity contribution in [3.05, 3.63) is 59.7 Å². The zero-order valence-corrected chi connectivity index (χ0v) is 15.2. The molecule has 136 valence electrons. The van der Waals surface area contributed by atoms with Gasteiger partial charge in [-0.25, -0.2) is 0 Å². The topological polar surface area (TPSA) is 26.3 Å². The van der Waals surface area contributed by atoms with Gasteiger partial charge < -0.3 is 4.74 Å². The molecule has 0 aromatic heterocycles. The number of carbonyl (C=O) groups excluding carboxylic acids is 1. The Morgan fingerprint density at radius 1 is 1.15 bits per heavy atom. The van der Waals surface area contributed by atoms with Gasteiger partial charge in [0.1, 0.15) is 13.7 Å². The molecule has 0 spiro atoms. The van der Waals surface area contributed by atoms with Crippen LogP contribution in [0.25, 0.3) is 0 Å². The van der Waals surface area contributed by atoms with E-state index in [1.165, 1.54) is 24.3 Å². The Kier molecular flexibility index (Phi) is 8.41. The van der Waals surface area contributed by atoms with Gasteiger partial charge in [-0.2, -0.15) is 13.2 Å². The first kappa shape index (κ1) is 22.8. The number of halogens is 3. The molecule has 0 saturated carbocycles. The van der Waals surface area contributed by atoms with Crippen molar-refractivity contribution in [1.82, 2.24) is 0 Å². The van der Waals surface area contributed by atoms with E-state index in [0.29, 0.717) is 11.3 Å². The molecule has 0 fully saturated rings. The first-order valence-electron chi connectivity index (χ1n) is 7.97. The first-order valence-corrected chi connectivity index (χ1v) is 9.31. The minimum absolute atomic E-state index is 0. The number of hydrogen-bond acceptors (Lipinski definition) is 2. The Morgan fingerprint density at radius 2 is 1.77 bits per heavy atom. The summed E-state index contributed by atoms with van der Waals surface area (Å²) in [7, 11) is -2.99. The van der Waals surface area contributed by atoms with E-state index >= 15 is 0 Å². The predicted octanol–water partition coefficient (Wildman–Crippen LogP) is 4.99. The third kappa shape index (κ3) is 5.61. The third-order valence-electron chi connectivity index (χ3n) is 3.80. The second kappa shape index (κ2) is 9.60. The third-order valence-corrected chi connectivity index (χ3v) is 5.95. The molecular weight excluding hydrogens is 355 g/mol. The average molecular weight is 376 g/mol. The number of ether oxygens (including phenoxy) is 1. The van der Waals surface area contributed by atoms with E-state index in [9.17, 15) is 18.0 Å². The number of benzene rings is 2. The van der Waals surface area contributed by atoms with Crippen LogP contribution in [0.4, 0.5) is 13.2 Å². The Morgan fingerprint density at radius 3 is 2.27 bits per heavy atom. The molecule has 2 aromatic rings. The number of carbonyl (C=O) groups is 1. The molecule has 0 heterocycles. The van der Waals surface area contributed by atoms with Crippen LogP contribution in [-0.4, -0.2) is 36.4 Å². The number of alkyl halides is 3. The van der Waals surface area contributed by atoms with Crippen molar-refractivity contribution in [2.24, 2.45) is 0 Å². The maximum atomic E-state index is 13.7. The van der Waals surface area contributed by atoms with Crippen molar-refractivity contribution in [3.8, 4) is 5.75 Å². The van der Waals surface area contributed by atoms with Crippen LogP contribution in [0.15, 0.2) is 48.5 Å². The van der Waals surface area contributed by atoms with Crippen molar-refractivity contribution in [3.63, 3.8) is 0 Å². The maximum absolute atomic E-state index is 13.7. The fourth-order valence-electron chi connectivity index (χ4n) is 2.34. The molecule has 0 aliphatic rings. The molecular formula is C19H21F3LiO2P. The van der Waals surface area contributed by atoms with Crippen molar-refractivity contribution in [2.45, 2.75) is 39.2 Å². The van der Waals surface area contributed by atoms with Gasteiger partial charge in [0.2, 0.25) is 0 Å². The van der Waals surface area contributed by atoms with Gasteiger partial charge in [-0.05, 0) is 49.3 Å². The summed E-state index contributed by atoms with van der Waals surface area (Å²) in [5, 5.41) is 0.0212. The van der Waals surface area contributed by atoms with E-state index in [1.54, 1.807) is 31.2 Å². The van der Waals surface area contributed by atoms with Crippen LogP contribution >= 0.6 is 7.92 Å². The zero-order valence-electron chi connectivity index (χ0n) is 14.3. The van der Waals surface area contributed by atoms with Crippen LogP contribution in [0.2, 0.25) is 0 Å². The average Bonchev–Trinajstić information content (AvgIpc) is 2.56. The SMILES string of the molecule is CCC(C)Oc1ccc(P(C(=O)c2ccccc2)C(F)(F)F)c(C)c1.[LiH]. The normalized spacial score (nSPS) is 13.5. The van der Waals surface area contributed by atoms with Gasteiger partial charge in [0.25, 0.3) is 0 Å². The molecule has 2 unspecified atom stereocenters. The van der Waals surface area contributed by atoms with Crippen molar-refractivity contribution in [1.29, 1.82) is 0 Å². The van der Waals surface area contributed by atoms with Crippen LogP contribution in [0.5, 0.6) is 5.75 Å². The summed E-state index contributed by atoms with van der Waals surface area (Å²) in [6.45, 7) is 5.44. The van der Waals surface area contributed by atoms with Gasteiger partial charge in [0.05, 0.1) is 6.10 Å². The van der Waals surface area contributed by atoms with Crippen LogP contribution in [0.1, 0.15) is 36.2 Å². The Hall–Kier alpha value is -1.27. The molecule has 2 atom stereocenters. The van der Waals surface area contributed by atoms with E-state index in [4.69, 9.17) is 4.74 Å². The quantitative estimate of drug-likeness (QED) is 0.524. The molecule has 26 heavy (non-hydrogen) atoms. The Labute approximate surface area is 165 Å². The standard InChI is InChI=1S/C19H20F3O2P.Li.H/c1-4-14(3)24-16-10-11-17(13(2)12-16)25(19(20,21)22)18(23)15-8-6-5-7-9-15;;/h5-12,14H,4H2,1-3H3;;. The monoisotopic (exact) mass is 376 g/mol. The second-order valence-electron chi connectivity index (χ2n) is 5.76. The van der Waals surface area contributed by atoms with Gasteiger partial charge in [-0.1, -0.05) is 37.3 Å². The molecule has 0 aliphatic heterocycles. The van der Waals surface area contributed by atoms with E-state index in [-0.39, 0.29) is 35.8 Å². The van der Waals surface area contributed by atoms with Gasteiger partial charge >= 0.3 is 24.8 Å². The molecule has 0 N–H and O–H groups in total. The molecule has 0 amide bonds. The number of hydrogen-bond donors (Lipinski definition) is 0. The summed E-state index contributed by atoms with van der Waals surface area (Å²) in [6, 6.07) is 12.1. The van der Waals surface area contributed by atoms with E-state index in [1.807, 2.05) is 13.8 Å². The fraction of sp³-hybridized carbons (Fsp3) is 0.316. The molecule has 2 nitrogen and oxygen atoms in total. The summed E-state index contributed by atoms with van der Waals surface area (Å²) in [4.78, 5) is 12.5. The summed E-state index contributed by atoms with van der Waals surface area (Å²) in [5.74, 6) is -4.09. The van der Waals surface area contributed by atoms with Crippen molar-refractivity contribution >= 4 is 37.6 Å². The molecule has 0 aliphatic carbocycles. The summed E-state index contributed by atoms with van der Waals surface area (Å²) >= 11 is 0. The molecule has 0 saturated heterocycles. The van der Waals surface area contributed by atoms with Crippen LogP contribution in [0.3, 0.4) is 0 Å². The van der Waals surface area contributed by atoms with Crippen molar-refractivity contribution in [2.75, 3.05) is 0 Å². The Balaban J connectivity index is 0.00000338. The van der Waals surface area contributed by atoms with Gasteiger partial charge in [-0.15, -0.1) is 0 Å². The second-order valence-corrected chi connectivity index (χ2v) is 7.83. The molecule has 2 rings (SSSR count). The molecule has 0 bridgehead atoms. The summed E-state index contributed by atoms with van der Waals surface area (Å²) < 4.78 is 46.6. The van der Waals surface area contributed by atoms with Crippen LogP contribution < -0.4 is 10.0 Å². The Bertz CT molecular complexity index is 735. The van der Waals surface area contributed by atoms with E-state index < -0.39 is 19.4 Å². The van der Waals surface area contributed by atoms with Crippen LogP contribution in [0, 0.1) is 6.92 Å². The fourth-order valence-corrected chi connectivity index (χ4v) is 4.11. The summed E-state index contributed by atoms with van der Waals surface area (Å²) in [6.07, 6.45) is 0.767. The predicted molar refractivity (Wildman–Crippen MR) is 102 cm³/mol. The molecule has 0 radical (unpaired) electrons. The first-order chi connectivity index (χ1) is 11.7. The summed E-state index contributed by atoms with van der Waals surface area (Å²) in [5.41, 5.74) is -0.402. The number of rotatable bonds is 6. The van der Waals surface area contributed by atoms with E-state index in [2.05, 4.69) is 0 Å². The van der Waals surface area contributed by atoms with Gasteiger partial charge in [-0.3, -0.25) is 4.79 Å².